The van der Waals surface area contributed by atoms with Gasteiger partial charge in [-0.05, 0) is 12.5 Å². The number of carbonyl (C=O) groups is 1. The van der Waals surface area contributed by atoms with Crippen LogP contribution in [0.1, 0.15) is 12.5 Å². The van der Waals surface area contributed by atoms with Crippen molar-refractivity contribution in [2.45, 2.75) is 13.5 Å². The smallest absolute Gasteiger partial charge is 0.411 e. The molecule has 0 aliphatic heterocycles. The molecule has 94 valence electrons. The van der Waals surface area contributed by atoms with E-state index in [1.165, 1.54) is 4.90 Å². The molecular weight excluding hydrogens is 226 g/mol. The van der Waals surface area contributed by atoms with Gasteiger partial charge in [0.1, 0.15) is 6.61 Å². The van der Waals surface area contributed by atoms with Crippen molar-refractivity contribution in [1.29, 1.82) is 0 Å². The SMILES string of the molecule is C=CCN(CC#CC)C(=O)OCc1ccccc1. The minimum Gasteiger partial charge on any atom is -0.445 e. The number of ether oxygens (including phenoxy) is 1. The summed E-state index contributed by atoms with van der Waals surface area (Å²) in [6.07, 6.45) is 1.28. The van der Waals surface area contributed by atoms with Gasteiger partial charge in [0, 0.05) is 6.54 Å². The molecule has 0 fully saturated rings. The third-order valence-corrected chi connectivity index (χ3v) is 2.26. The van der Waals surface area contributed by atoms with Gasteiger partial charge in [-0.2, -0.15) is 0 Å². The second kappa shape index (κ2) is 7.97. The molecule has 1 aromatic rings. The van der Waals surface area contributed by atoms with Crippen molar-refractivity contribution in [3.05, 3.63) is 48.6 Å². The zero-order valence-corrected chi connectivity index (χ0v) is 10.6. The number of hydrogen-bond acceptors (Lipinski definition) is 2. The van der Waals surface area contributed by atoms with Gasteiger partial charge in [-0.15, -0.1) is 12.5 Å². The molecule has 0 aromatic heterocycles. The second-order valence-corrected chi connectivity index (χ2v) is 3.64. The first-order valence-electron chi connectivity index (χ1n) is 5.74. The summed E-state index contributed by atoms with van der Waals surface area (Å²) in [4.78, 5) is 13.3. The largest absolute Gasteiger partial charge is 0.445 e. The molecule has 0 spiro atoms. The maximum absolute atomic E-state index is 11.8. The normalized spacial score (nSPS) is 8.94. The Morgan fingerprint density at radius 1 is 1.44 bits per heavy atom. The average Bonchev–Trinajstić information content (AvgIpc) is 2.42. The lowest BCUT2D eigenvalue weighted by molar-refractivity contribution is 0.104. The first-order valence-corrected chi connectivity index (χ1v) is 5.74. The van der Waals surface area contributed by atoms with Crippen LogP contribution in [0.25, 0.3) is 0 Å². The van der Waals surface area contributed by atoms with E-state index in [1.54, 1.807) is 13.0 Å². The van der Waals surface area contributed by atoms with Crippen LogP contribution >= 0.6 is 0 Å². The van der Waals surface area contributed by atoms with Gasteiger partial charge in [-0.25, -0.2) is 4.79 Å². The zero-order valence-electron chi connectivity index (χ0n) is 10.6. The molecule has 0 aliphatic rings. The third kappa shape index (κ3) is 4.75. The molecule has 1 amide bonds. The molecule has 1 rings (SSSR count). The summed E-state index contributed by atoms with van der Waals surface area (Å²) < 4.78 is 5.21. The van der Waals surface area contributed by atoms with Crippen molar-refractivity contribution in [3.8, 4) is 11.8 Å². The topological polar surface area (TPSA) is 29.5 Å². The van der Waals surface area contributed by atoms with Crippen LogP contribution in [0.5, 0.6) is 0 Å². The van der Waals surface area contributed by atoms with Crippen LogP contribution < -0.4 is 0 Å². The fourth-order valence-corrected chi connectivity index (χ4v) is 1.34. The van der Waals surface area contributed by atoms with Gasteiger partial charge in [-0.1, -0.05) is 42.3 Å². The Hall–Kier alpha value is -2.21. The Balaban J connectivity index is 2.50. The van der Waals surface area contributed by atoms with Crippen LogP contribution in [0.15, 0.2) is 43.0 Å². The Bertz CT molecular complexity index is 443. The summed E-state index contributed by atoms with van der Waals surface area (Å²) in [5.41, 5.74) is 0.964. The Labute approximate surface area is 108 Å². The summed E-state index contributed by atoms with van der Waals surface area (Å²) in [6.45, 7) is 6.41. The fraction of sp³-hybridized carbons (Fsp3) is 0.267. The number of amides is 1. The average molecular weight is 243 g/mol. The standard InChI is InChI=1S/C15H17NO2/c1-3-5-12-16(11-4-2)15(17)18-13-14-9-7-6-8-10-14/h4,6-10H,2,11-13H2,1H3. The quantitative estimate of drug-likeness (QED) is 0.588. The van der Waals surface area contributed by atoms with Gasteiger partial charge in [0.2, 0.25) is 0 Å². The number of benzene rings is 1. The summed E-state index contributed by atoms with van der Waals surface area (Å²) in [5, 5.41) is 0. The van der Waals surface area contributed by atoms with Crippen molar-refractivity contribution in [2.24, 2.45) is 0 Å². The van der Waals surface area contributed by atoms with Crippen LogP contribution in [-0.2, 0) is 11.3 Å². The number of hydrogen-bond donors (Lipinski definition) is 0. The summed E-state index contributed by atoms with van der Waals surface area (Å²) >= 11 is 0. The molecule has 0 N–H and O–H groups in total. The Morgan fingerprint density at radius 2 is 2.17 bits per heavy atom. The molecule has 0 radical (unpaired) electrons. The van der Waals surface area contributed by atoms with E-state index < -0.39 is 0 Å². The van der Waals surface area contributed by atoms with Gasteiger partial charge < -0.3 is 4.74 Å². The van der Waals surface area contributed by atoms with Crippen molar-refractivity contribution in [1.82, 2.24) is 4.90 Å². The van der Waals surface area contributed by atoms with E-state index in [0.717, 1.165) is 5.56 Å². The van der Waals surface area contributed by atoms with Crippen LogP contribution in [0.3, 0.4) is 0 Å². The second-order valence-electron chi connectivity index (χ2n) is 3.64. The molecule has 0 heterocycles. The highest BCUT2D eigenvalue weighted by molar-refractivity contribution is 5.68. The van der Waals surface area contributed by atoms with Gasteiger partial charge in [0.05, 0.1) is 6.54 Å². The zero-order chi connectivity index (χ0) is 13.2. The maximum Gasteiger partial charge on any atom is 0.411 e. The van der Waals surface area contributed by atoms with Crippen molar-refractivity contribution in [2.75, 3.05) is 13.1 Å². The fourth-order valence-electron chi connectivity index (χ4n) is 1.34. The van der Waals surface area contributed by atoms with Gasteiger partial charge >= 0.3 is 6.09 Å². The molecule has 3 nitrogen and oxygen atoms in total. The summed E-state index contributed by atoms with van der Waals surface area (Å²) in [6, 6.07) is 9.57. The van der Waals surface area contributed by atoms with E-state index in [1.807, 2.05) is 30.3 Å². The Morgan fingerprint density at radius 3 is 2.78 bits per heavy atom. The lowest BCUT2D eigenvalue weighted by Gasteiger charge is -2.17. The highest BCUT2D eigenvalue weighted by Crippen LogP contribution is 2.03. The van der Waals surface area contributed by atoms with Crippen LogP contribution in [-0.4, -0.2) is 24.1 Å². The van der Waals surface area contributed by atoms with E-state index in [4.69, 9.17) is 4.74 Å². The Kier molecular flexibility index (Phi) is 6.13. The van der Waals surface area contributed by atoms with Crippen molar-refractivity contribution >= 4 is 6.09 Å². The molecular formula is C15H17NO2. The van der Waals surface area contributed by atoms with E-state index in [9.17, 15) is 4.79 Å². The van der Waals surface area contributed by atoms with Crippen LogP contribution in [0, 0.1) is 11.8 Å². The van der Waals surface area contributed by atoms with E-state index in [2.05, 4.69) is 18.4 Å². The first-order chi connectivity index (χ1) is 8.77. The molecule has 0 aliphatic carbocycles. The highest BCUT2D eigenvalue weighted by Gasteiger charge is 2.11. The van der Waals surface area contributed by atoms with Crippen LogP contribution in [0.4, 0.5) is 4.79 Å². The lowest BCUT2D eigenvalue weighted by atomic mass is 10.2. The number of carbonyl (C=O) groups excluding carboxylic acids is 1. The summed E-state index contributed by atoms with van der Waals surface area (Å²) in [5.74, 6) is 5.59. The first kappa shape index (κ1) is 13.9. The molecule has 0 unspecified atom stereocenters. The number of nitrogens with zero attached hydrogens (tertiary/aromatic N) is 1. The van der Waals surface area contributed by atoms with Gasteiger partial charge in [0.15, 0.2) is 0 Å². The van der Waals surface area contributed by atoms with Crippen LogP contribution in [0.2, 0.25) is 0 Å². The minimum absolute atomic E-state index is 0.271. The van der Waals surface area contributed by atoms with E-state index in [-0.39, 0.29) is 12.7 Å². The minimum atomic E-state index is -0.374. The molecule has 0 saturated heterocycles. The molecule has 3 heteroatoms. The monoisotopic (exact) mass is 243 g/mol. The molecule has 1 aromatic carbocycles. The number of rotatable bonds is 5. The van der Waals surface area contributed by atoms with E-state index in [0.29, 0.717) is 13.1 Å². The van der Waals surface area contributed by atoms with Gasteiger partial charge in [0.25, 0.3) is 0 Å². The summed E-state index contributed by atoms with van der Waals surface area (Å²) in [7, 11) is 0. The maximum atomic E-state index is 11.8. The lowest BCUT2D eigenvalue weighted by Crippen LogP contribution is -2.32. The highest BCUT2D eigenvalue weighted by atomic mass is 16.6. The predicted molar refractivity (Wildman–Crippen MR) is 71.8 cm³/mol. The predicted octanol–water partition coefficient (Wildman–Crippen LogP) is 2.83. The van der Waals surface area contributed by atoms with E-state index >= 15 is 0 Å². The van der Waals surface area contributed by atoms with Gasteiger partial charge in [-0.3, -0.25) is 4.90 Å². The van der Waals surface area contributed by atoms with Crippen molar-refractivity contribution < 1.29 is 9.53 Å². The third-order valence-electron chi connectivity index (χ3n) is 2.26. The van der Waals surface area contributed by atoms with Crippen molar-refractivity contribution in [3.63, 3.8) is 0 Å². The molecule has 18 heavy (non-hydrogen) atoms. The molecule has 0 saturated carbocycles. The molecule has 0 atom stereocenters. The molecule has 0 bridgehead atoms.